The summed E-state index contributed by atoms with van der Waals surface area (Å²) in [7, 11) is 2.06. The zero-order chi connectivity index (χ0) is 40.3. The Labute approximate surface area is 346 Å². The topological polar surface area (TPSA) is 149 Å². The van der Waals surface area contributed by atoms with Gasteiger partial charge in [-0.25, -0.2) is 14.6 Å². The summed E-state index contributed by atoms with van der Waals surface area (Å²) in [5, 5.41) is 9.49. The number of aromatic nitrogens is 4. The van der Waals surface area contributed by atoms with Crippen LogP contribution in [0.1, 0.15) is 83.1 Å². The number of likely N-dealkylation sites (tertiary alicyclic amines) is 1. The standard InChI is InChI=1S/C45H58N8O4S/c1-51(25-8-7-24-47-40(55)18-6-5-17-39-38-16-9-13-35(54)28-33(38)30-58-39)26-11-19-41(56)52-27-10-12-34(29-52)53-45-42(44(46)48-31-49-45)43(50-53)32-20-22-37(23-21-32)57-36-14-3-2-4-15-36/h2-4,11,14-15,19-23,31,33-34,38-39H,5-10,12-13,16-18,24-30H2,1H3,(H,47,55)(H2,46,48,49). The molecule has 308 valence electrons. The molecule has 1 aliphatic carbocycles. The number of carbonyl (C=O) groups excluding carboxylic acids is 3. The van der Waals surface area contributed by atoms with Gasteiger partial charge in [0.05, 0.1) is 11.4 Å². The van der Waals surface area contributed by atoms with Crippen molar-refractivity contribution in [3.05, 3.63) is 73.1 Å². The third-order valence-electron chi connectivity index (χ3n) is 11.9. The first-order valence-electron chi connectivity index (χ1n) is 21.2. The number of nitrogens with zero attached hydrogens (tertiary/aromatic N) is 6. The number of Topliss-reactive ketones (excluding diaryl/α,β-unsaturated/α-hetero) is 1. The largest absolute Gasteiger partial charge is 0.457 e. The van der Waals surface area contributed by atoms with E-state index in [9.17, 15) is 14.4 Å². The van der Waals surface area contributed by atoms with Crippen molar-refractivity contribution in [1.29, 1.82) is 0 Å². The number of unbranched alkanes of at least 4 members (excludes halogenated alkanes) is 2. The van der Waals surface area contributed by atoms with Gasteiger partial charge in [-0.15, -0.1) is 0 Å². The lowest BCUT2D eigenvalue weighted by Gasteiger charge is -2.32. The molecule has 3 N–H and O–H groups in total. The highest BCUT2D eigenvalue weighted by atomic mass is 32.2. The van der Waals surface area contributed by atoms with Crippen molar-refractivity contribution in [3.8, 4) is 22.8 Å². The van der Waals surface area contributed by atoms with E-state index in [4.69, 9.17) is 15.6 Å². The van der Waals surface area contributed by atoms with Crippen LogP contribution in [0.25, 0.3) is 22.3 Å². The van der Waals surface area contributed by atoms with E-state index in [0.29, 0.717) is 83.8 Å². The summed E-state index contributed by atoms with van der Waals surface area (Å²) >= 11 is 2.06. The predicted octanol–water partition coefficient (Wildman–Crippen LogP) is 7.47. The first kappa shape index (κ1) is 41.4. The summed E-state index contributed by atoms with van der Waals surface area (Å²) in [6.07, 6.45) is 16.3. The molecule has 2 aromatic carbocycles. The first-order valence-corrected chi connectivity index (χ1v) is 22.2. The van der Waals surface area contributed by atoms with Gasteiger partial charge in [0.15, 0.2) is 5.65 Å². The van der Waals surface area contributed by atoms with E-state index in [1.54, 1.807) is 6.08 Å². The maximum absolute atomic E-state index is 13.3. The monoisotopic (exact) mass is 806 g/mol. The Morgan fingerprint density at radius 1 is 1.02 bits per heavy atom. The molecule has 4 heterocycles. The molecule has 0 spiro atoms. The van der Waals surface area contributed by atoms with Crippen LogP contribution in [-0.2, 0) is 14.4 Å². The zero-order valence-electron chi connectivity index (χ0n) is 33.8. The number of thioether (sulfide) groups is 1. The number of amides is 2. The molecule has 3 aliphatic rings. The fourth-order valence-electron chi connectivity index (χ4n) is 8.75. The molecule has 58 heavy (non-hydrogen) atoms. The maximum atomic E-state index is 13.3. The van der Waals surface area contributed by atoms with Gasteiger partial charge in [-0.05, 0) is 119 Å². The highest BCUT2D eigenvalue weighted by Gasteiger charge is 2.38. The van der Waals surface area contributed by atoms with E-state index >= 15 is 0 Å². The smallest absolute Gasteiger partial charge is 0.246 e. The van der Waals surface area contributed by atoms with Crippen molar-refractivity contribution in [2.24, 2.45) is 11.8 Å². The number of nitrogens with two attached hydrogens (primary N) is 1. The zero-order valence-corrected chi connectivity index (χ0v) is 34.6. The number of hydrogen-bond donors (Lipinski definition) is 2. The lowest BCUT2D eigenvalue weighted by Crippen LogP contribution is -2.40. The van der Waals surface area contributed by atoms with Gasteiger partial charge in [0.2, 0.25) is 11.8 Å². The molecular formula is C45H58N8O4S. The van der Waals surface area contributed by atoms with Crippen LogP contribution in [0.3, 0.4) is 0 Å². The number of nitrogens with one attached hydrogen (secondary N) is 1. The second kappa shape index (κ2) is 20.3. The molecule has 2 aromatic heterocycles. The summed E-state index contributed by atoms with van der Waals surface area (Å²) in [5.74, 6) is 4.85. The molecule has 12 nitrogen and oxygen atoms in total. The molecule has 1 saturated carbocycles. The molecule has 7 rings (SSSR count). The number of benzene rings is 2. The fraction of sp³-hybridized carbons (Fsp3) is 0.511. The fourth-order valence-corrected chi connectivity index (χ4v) is 10.6. The van der Waals surface area contributed by atoms with Crippen molar-refractivity contribution in [1.82, 2.24) is 34.9 Å². The third-order valence-corrected chi connectivity index (χ3v) is 13.5. The molecule has 4 aromatic rings. The molecule has 2 saturated heterocycles. The van der Waals surface area contributed by atoms with Crippen LogP contribution in [0, 0.1) is 11.8 Å². The number of hydrogen-bond acceptors (Lipinski definition) is 10. The van der Waals surface area contributed by atoms with Crippen LogP contribution in [0.15, 0.2) is 73.1 Å². The van der Waals surface area contributed by atoms with Gasteiger partial charge in [0.25, 0.3) is 0 Å². The minimum absolute atomic E-state index is 0.00670. The van der Waals surface area contributed by atoms with E-state index in [0.717, 1.165) is 87.8 Å². The highest BCUT2D eigenvalue weighted by molar-refractivity contribution is 8.00. The number of fused-ring (bicyclic) bond motifs is 2. The highest BCUT2D eigenvalue weighted by Crippen LogP contribution is 2.45. The van der Waals surface area contributed by atoms with Crippen molar-refractivity contribution < 1.29 is 19.1 Å². The number of anilines is 1. The maximum Gasteiger partial charge on any atom is 0.246 e. The minimum atomic E-state index is -0.0559. The Bertz CT molecular complexity index is 2020. The van der Waals surface area contributed by atoms with E-state index in [1.807, 2.05) is 70.3 Å². The Morgan fingerprint density at radius 3 is 2.69 bits per heavy atom. The Morgan fingerprint density at radius 2 is 1.84 bits per heavy atom. The Balaban J connectivity index is 0.813. The molecule has 2 aliphatic heterocycles. The Hall–Kier alpha value is -4.75. The van der Waals surface area contributed by atoms with Gasteiger partial charge in [-0.2, -0.15) is 16.9 Å². The van der Waals surface area contributed by atoms with Crippen molar-refractivity contribution >= 4 is 46.2 Å². The van der Waals surface area contributed by atoms with E-state index in [-0.39, 0.29) is 17.9 Å². The van der Waals surface area contributed by atoms with Gasteiger partial charge < -0.3 is 25.6 Å². The predicted molar refractivity (Wildman–Crippen MR) is 231 cm³/mol. The van der Waals surface area contributed by atoms with E-state index in [1.165, 1.54) is 12.7 Å². The summed E-state index contributed by atoms with van der Waals surface area (Å²) in [4.78, 5) is 50.7. The van der Waals surface area contributed by atoms with Crippen molar-refractivity contribution in [2.75, 3.05) is 51.3 Å². The van der Waals surface area contributed by atoms with Crippen LogP contribution >= 0.6 is 11.8 Å². The summed E-state index contributed by atoms with van der Waals surface area (Å²) in [6.45, 7) is 3.46. The average molecular weight is 807 g/mol. The van der Waals surface area contributed by atoms with Crippen LogP contribution in [0.4, 0.5) is 5.82 Å². The number of likely N-dealkylation sites (N-methyl/N-ethyl adjacent to an activating group) is 1. The van der Waals surface area contributed by atoms with Gasteiger partial charge in [-0.3, -0.25) is 14.4 Å². The molecule has 0 bridgehead atoms. The van der Waals surface area contributed by atoms with E-state index < -0.39 is 0 Å². The lowest BCUT2D eigenvalue weighted by atomic mass is 9.85. The second-order valence-electron chi connectivity index (χ2n) is 16.2. The molecule has 4 unspecified atom stereocenters. The molecule has 13 heteroatoms. The normalized spacial score (nSPS) is 21.1. The van der Waals surface area contributed by atoms with Gasteiger partial charge in [0.1, 0.15) is 35.1 Å². The number of piperidine rings is 1. The summed E-state index contributed by atoms with van der Waals surface area (Å²) < 4.78 is 7.91. The second-order valence-corrected chi connectivity index (χ2v) is 17.4. The summed E-state index contributed by atoms with van der Waals surface area (Å²) in [6, 6.07) is 17.3. The first-order chi connectivity index (χ1) is 28.3. The van der Waals surface area contributed by atoms with Crippen LogP contribution in [-0.4, -0.2) is 97.9 Å². The van der Waals surface area contributed by atoms with Crippen molar-refractivity contribution in [2.45, 2.75) is 88.3 Å². The van der Waals surface area contributed by atoms with Crippen LogP contribution in [0.5, 0.6) is 11.5 Å². The van der Waals surface area contributed by atoms with Crippen LogP contribution < -0.4 is 15.8 Å². The average Bonchev–Trinajstić information content (AvgIpc) is 3.75. The number of nitrogen functional groups attached to an aromatic ring is 1. The van der Waals surface area contributed by atoms with Crippen LogP contribution in [0.2, 0.25) is 0 Å². The molecule has 0 radical (unpaired) electrons. The Kier molecular flexibility index (Phi) is 14.5. The lowest BCUT2D eigenvalue weighted by molar-refractivity contribution is -0.127. The quantitative estimate of drug-likeness (QED) is 0.0814. The number of rotatable bonds is 17. The number of ether oxygens (including phenoxy) is 1. The molecule has 4 atom stereocenters. The summed E-state index contributed by atoms with van der Waals surface area (Å²) in [5.41, 5.74) is 8.64. The molecular weight excluding hydrogens is 749 g/mol. The van der Waals surface area contributed by atoms with Gasteiger partial charge >= 0.3 is 0 Å². The molecule has 2 amide bonds. The molecule has 3 fully saturated rings. The number of ketones is 1. The van der Waals surface area contributed by atoms with Crippen molar-refractivity contribution in [3.63, 3.8) is 0 Å². The minimum Gasteiger partial charge on any atom is -0.457 e. The van der Waals surface area contributed by atoms with E-state index in [2.05, 4.69) is 39.0 Å². The SMILES string of the molecule is CN(CC=CC(=O)N1CCCC(n2nc(-c3ccc(Oc4ccccc4)cc3)c3c(N)ncnc32)C1)CCCCNC(=O)CCCCC1SCC2CC(=O)CCCC21. The van der Waals surface area contributed by atoms with Gasteiger partial charge in [0, 0.05) is 62.3 Å². The van der Waals surface area contributed by atoms with Gasteiger partial charge in [-0.1, -0.05) is 30.7 Å². The third kappa shape index (κ3) is 10.8. The number of para-hydroxylation sites is 1. The number of carbonyl (C=O) groups is 3.